The molecule has 0 aromatic heterocycles. The molecule has 0 aliphatic rings. The van der Waals surface area contributed by atoms with Crippen molar-refractivity contribution in [2.75, 3.05) is 7.11 Å². The number of aliphatic carboxylic acids is 1. The van der Waals surface area contributed by atoms with Gasteiger partial charge in [0.1, 0.15) is 11.8 Å². The number of carboxylic acids is 1. The maximum Gasteiger partial charge on any atom is 0.320 e. The molecule has 0 aliphatic heterocycles. The zero-order chi connectivity index (χ0) is 16.1. The van der Waals surface area contributed by atoms with E-state index >= 15 is 0 Å². The molecule has 0 fully saturated rings. The molecular weight excluding hydrogens is 278 g/mol. The fourth-order valence-electron chi connectivity index (χ4n) is 2.43. The summed E-state index contributed by atoms with van der Waals surface area (Å²) >= 11 is 0. The maximum atomic E-state index is 10.8. The van der Waals surface area contributed by atoms with Crippen LogP contribution in [0.1, 0.15) is 18.1 Å². The largest absolute Gasteiger partial charge is 0.497 e. The Hall–Kier alpha value is -2.33. The summed E-state index contributed by atoms with van der Waals surface area (Å²) in [5, 5.41) is 8.86. The SMILES string of the molecule is CCc1cc(OC)ccc1-c1ccc(C[C@H](N)C(=O)O)cc1. The van der Waals surface area contributed by atoms with Crippen molar-refractivity contribution in [3.05, 3.63) is 53.6 Å². The lowest BCUT2D eigenvalue weighted by molar-refractivity contribution is -0.138. The molecule has 0 saturated heterocycles. The van der Waals surface area contributed by atoms with E-state index in [9.17, 15) is 4.79 Å². The Bertz CT molecular complexity index is 650. The number of carbonyl (C=O) groups is 1. The van der Waals surface area contributed by atoms with Crippen LogP contribution < -0.4 is 10.5 Å². The molecule has 2 aromatic carbocycles. The third-order valence-corrected chi connectivity index (χ3v) is 3.73. The Balaban J connectivity index is 2.25. The second-order valence-electron chi connectivity index (χ2n) is 5.22. The molecule has 4 heteroatoms. The average Bonchev–Trinajstić information content (AvgIpc) is 2.54. The monoisotopic (exact) mass is 299 g/mol. The van der Waals surface area contributed by atoms with Crippen molar-refractivity contribution >= 4 is 5.97 Å². The highest BCUT2D eigenvalue weighted by Gasteiger charge is 2.12. The highest BCUT2D eigenvalue weighted by molar-refractivity contribution is 5.74. The van der Waals surface area contributed by atoms with Gasteiger partial charge in [-0.3, -0.25) is 4.79 Å². The zero-order valence-corrected chi connectivity index (χ0v) is 12.9. The molecule has 0 aliphatic carbocycles. The lowest BCUT2D eigenvalue weighted by atomic mass is 9.96. The number of hydrogen-bond acceptors (Lipinski definition) is 3. The molecule has 0 heterocycles. The molecule has 0 spiro atoms. The second kappa shape index (κ2) is 7.09. The second-order valence-corrected chi connectivity index (χ2v) is 5.22. The molecule has 22 heavy (non-hydrogen) atoms. The lowest BCUT2D eigenvalue weighted by Gasteiger charge is -2.12. The van der Waals surface area contributed by atoms with Crippen LogP contribution in [0.5, 0.6) is 5.75 Å². The topological polar surface area (TPSA) is 72.5 Å². The van der Waals surface area contributed by atoms with Crippen LogP contribution in [0.25, 0.3) is 11.1 Å². The number of hydrogen-bond donors (Lipinski definition) is 2. The summed E-state index contributed by atoms with van der Waals surface area (Å²) in [5.74, 6) is -0.128. The summed E-state index contributed by atoms with van der Waals surface area (Å²) in [6, 6.07) is 13.1. The molecule has 2 aromatic rings. The van der Waals surface area contributed by atoms with Gasteiger partial charge in [0.2, 0.25) is 0 Å². The maximum absolute atomic E-state index is 10.8. The predicted octanol–water partition coefficient (Wildman–Crippen LogP) is 2.88. The van der Waals surface area contributed by atoms with Gasteiger partial charge in [0.25, 0.3) is 0 Å². The van der Waals surface area contributed by atoms with Crippen molar-refractivity contribution < 1.29 is 14.6 Å². The fourth-order valence-corrected chi connectivity index (χ4v) is 2.43. The summed E-state index contributed by atoms with van der Waals surface area (Å²) in [6.07, 6.45) is 1.25. The van der Waals surface area contributed by atoms with E-state index in [1.165, 1.54) is 5.56 Å². The van der Waals surface area contributed by atoms with Crippen LogP contribution in [-0.2, 0) is 17.6 Å². The third-order valence-electron chi connectivity index (χ3n) is 3.73. The van der Waals surface area contributed by atoms with Gasteiger partial charge in [-0.1, -0.05) is 37.3 Å². The predicted molar refractivity (Wildman–Crippen MR) is 87.1 cm³/mol. The van der Waals surface area contributed by atoms with Crippen LogP contribution in [0.2, 0.25) is 0 Å². The van der Waals surface area contributed by atoms with Crippen molar-refractivity contribution in [2.45, 2.75) is 25.8 Å². The van der Waals surface area contributed by atoms with Crippen LogP contribution in [-0.4, -0.2) is 24.2 Å². The van der Waals surface area contributed by atoms with E-state index in [2.05, 4.69) is 13.0 Å². The Morgan fingerprint density at radius 2 is 1.91 bits per heavy atom. The fraction of sp³-hybridized carbons (Fsp3) is 0.278. The lowest BCUT2D eigenvalue weighted by Crippen LogP contribution is -2.32. The minimum absolute atomic E-state index is 0.332. The van der Waals surface area contributed by atoms with E-state index in [-0.39, 0.29) is 0 Å². The third kappa shape index (κ3) is 3.65. The van der Waals surface area contributed by atoms with Gasteiger partial charge < -0.3 is 15.6 Å². The number of nitrogens with two attached hydrogens (primary N) is 1. The van der Waals surface area contributed by atoms with Gasteiger partial charge >= 0.3 is 5.97 Å². The Morgan fingerprint density at radius 3 is 2.45 bits per heavy atom. The number of rotatable bonds is 6. The normalized spacial score (nSPS) is 12.0. The van der Waals surface area contributed by atoms with Crippen molar-refractivity contribution in [3.63, 3.8) is 0 Å². The summed E-state index contributed by atoms with van der Waals surface area (Å²) < 4.78 is 5.26. The van der Waals surface area contributed by atoms with Crippen molar-refractivity contribution in [1.29, 1.82) is 0 Å². The summed E-state index contributed by atoms with van der Waals surface area (Å²) in [6.45, 7) is 2.11. The summed E-state index contributed by atoms with van der Waals surface area (Å²) in [7, 11) is 1.66. The Kier molecular flexibility index (Phi) is 5.17. The van der Waals surface area contributed by atoms with Crippen LogP contribution in [0.4, 0.5) is 0 Å². The standard InChI is InChI=1S/C18H21NO3/c1-3-13-11-15(22-2)8-9-16(13)14-6-4-12(5-7-14)10-17(19)18(20)21/h4-9,11,17H,3,10,19H2,1-2H3,(H,20,21)/t17-/m0/s1. The quantitative estimate of drug-likeness (QED) is 0.860. The number of benzene rings is 2. The van der Waals surface area contributed by atoms with Crippen molar-refractivity contribution in [1.82, 2.24) is 0 Å². The van der Waals surface area contributed by atoms with Gasteiger partial charge in [-0.2, -0.15) is 0 Å². The molecule has 0 unspecified atom stereocenters. The minimum atomic E-state index is -0.979. The Morgan fingerprint density at radius 1 is 1.23 bits per heavy atom. The molecule has 1 atom stereocenters. The molecule has 3 N–H and O–H groups in total. The van der Waals surface area contributed by atoms with Gasteiger partial charge in [-0.15, -0.1) is 0 Å². The van der Waals surface area contributed by atoms with Gasteiger partial charge in [-0.25, -0.2) is 0 Å². The molecule has 0 bridgehead atoms. The minimum Gasteiger partial charge on any atom is -0.497 e. The van der Waals surface area contributed by atoms with Crippen molar-refractivity contribution in [2.24, 2.45) is 5.73 Å². The van der Waals surface area contributed by atoms with E-state index in [1.807, 2.05) is 36.4 Å². The molecule has 4 nitrogen and oxygen atoms in total. The van der Waals surface area contributed by atoms with E-state index in [0.29, 0.717) is 6.42 Å². The van der Waals surface area contributed by atoms with Crippen LogP contribution in [0, 0.1) is 0 Å². The molecular formula is C18H21NO3. The molecule has 0 saturated carbocycles. The summed E-state index contributed by atoms with van der Waals surface area (Å²) in [4.78, 5) is 10.8. The first-order valence-electron chi connectivity index (χ1n) is 7.29. The number of methoxy groups -OCH3 is 1. The van der Waals surface area contributed by atoms with E-state index in [1.54, 1.807) is 7.11 Å². The van der Waals surface area contributed by atoms with Crippen LogP contribution >= 0.6 is 0 Å². The van der Waals surface area contributed by atoms with E-state index in [0.717, 1.165) is 28.9 Å². The zero-order valence-electron chi connectivity index (χ0n) is 12.9. The van der Waals surface area contributed by atoms with Gasteiger partial charge in [0.15, 0.2) is 0 Å². The summed E-state index contributed by atoms with van der Waals surface area (Å²) in [5.41, 5.74) is 9.97. The number of carboxylic acid groups (broad SMARTS) is 1. The first kappa shape index (κ1) is 16.0. The number of ether oxygens (including phenoxy) is 1. The molecule has 116 valence electrons. The Labute approximate surface area is 130 Å². The molecule has 2 rings (SSSR count). The first-order chi connectivity index (χ1) is 10.5. The van der Waals surface area contributed by atoms with Crippen molar-refractivity contribution in [3.8, 4) is 16.9 Å². The molecule has 0 amide bonds. The highest BCUT2D eigenvalue weighted by Crippen LogP contribution is 2.28. The highest BCUT2D eigenvalue weighted by atomic mass is 16.5. The molecule has 0 radical (unpaired) electrons. The van der Waals surface area contributed by atoms with Gasteiger partial charge in [0, 0.05) is 0 Å². The van der Waals surface area contributed by atoms with Crippen LogP contribution in [0.15, 0.2) is 42.5 Å². The van der Waals surface area contributed by atoms with E-state index < -0.39 is 12.0 Å². The smallest absolute Gasteiger partial charge is 0.320 e. The van der Waals surface area contributed by atoms with Crippen LogP contribution in [0.3, 0.4) is 0 Å². The average molecular weight is 299 g/mol. The van der Waals surface area contributed by atoms with Gasteiger partial charge in [0.05, 0.1) is 7.11 Å². The number of aryl methyl sites for hydroxylation is 1. The van der Waals surface area contributed by atoms with Gasteiger partial charge in [-0.05, 0) is 47.2 Å². The first-order valence-corrected chi connectivity index (χ1v) is 7.29. The van der Waals surface area contributed by atoms with E-state index in [4.69, 9.17) is 15.6 Å².